The van der Waals surface area contributed by atoms with Crippen molar-refractivity contribution in [2.24, 2.45) is 0 Å². The zero-order chi connectivity index (χ0) is 8.43. The Morgan fingerprint density at radius 3 is 2.55 bits per heavy atom. The van der Waals surface area contributed by atoms with E-state index < -0.39 is 16.4 Å². The molecule has 54 valence electrons. The van der Waals surface area contributed by atoms with Crippen molar-refractivity contribution in [3.8, 4) is 0 Å². The van der Waals surface area contributed by atoms with Crippen molar-refractivity contribution in [1.82, 2.24) is 0 Å². The molecule has 0 saturated heterocycles. The predicted octanol–water partition coefficient (Wildman–Crippen LogP) is 0.528. The monoisotopic (exact) mass is 151 g/mol. The highest BCUT2D eigenvalue weighted by atomic mass is 19.1. The second kappa shape index (κ2) is 2.69. The summed E-state index contributed by atoms with van der Waals surface area (Å²) in [5.41, 5.74) is -0.817. The largest absolute Gasteiger partial charge is 0.297 e. The van der Waals surface area contributed by atoms with Crippen LogP contribution in [0, 0.1) is 15.9 Å². The fraction of sp³-hybridized carbons (Fsp3) is 0. The number of hydrogen-bond donors (Lipinski definition) is 0. The van der Waals surface area contributed by atoms with Gasteiger partial charge in [-0.1, -0.05) is 12.1 Å². The summed E-state index contributed by atoms with van der Waals surface area (Å²) in [6.07, 6.45) is 0. The van der Waals surface area contributed by atoms with Crippen LogP contribution in [0.15, 0.2) is 18.2 Å². The highest BCUT2D eigenvalue weighted by molar-refractivity contribution is 6.35. The van der Waals surface area contributed by atoms with Crippen molar-refractivity contribution < 1.29 is 9.31 Å². The van der Waals surface area contributed by atoms with Crippen LogP contribution in [0.1, 0.15) is 0 Å². The topological polar surface area (TPSA) is 43.1 Å². The summed E-state index contributed by atoms with van der Waals surface area (Å²) in [4.78, 5) is 9.29. The van der Waals surface area contributed by atoms with Crippen molar-refractivity contribution in [3.05, 3.63) is 34.1 Å². The molecule has 0 aliphatic heterocycles. The first-order chi connectivity index (χ1) is 5.13. The first-order valence-electron chi connectivity index (χ1n) is 2.81. The molecular weight excluding hydrogens is 148 g/mol. The van der Waals surface area contributed by atoms with Gasteiger partial charge in [-0.3, -0.25) is 10.1 Å². The van der Waals surface area contributed by atoms with Crippen LogP contribution in [0.4, 0.5) is 10.1 Å². The number of nitro groups is 1. The number of para-hydroxylation sites is 1. The lowest BCUT2D eigenvalue weighted by Crippen LogP contribution is -2.10. The Kier molecular flexibility index (Phi) is 1.89. The summed E-state index contributed by atoms with van der Waals surface area (Å²) in [6.45, 7) is 0. The van der Waals surface area contributed by atoms with E-state index in [1.54, 1.807) is 0 Å². The van der Waals surface area contributed by atoms with Gasteiger partial charge in [0.1, 0.15) is 7.85 Å². The lowest BCUT2D eigenvalue weighted by Gasteiger charge is -1.96. The molecule has 3 nitrogen and oxygen atoms in total. The number of nitro benzene ring substituents is 1. The Labute approximate surface area is 63.4 Å². The summed E-state index contributed by atoms with van der Waals surface area (Å²) < 4.78 is 12.6. The van der Waals surface area contributed by atoms with Crippen LogP contribution in [-0.4, -0.2) is 12.8 Å². The SMILES string of the molecule is [B]c1cccc(F)c1[N+](=O)[O-]. The number of benzene rings is 1. The molecule has 0 fully saturated rings. The number of rotatable bonds is 1. The van der Waals surface area contributed by atoms with Gasteiger partial charge < -0.3 is 0 Å². The summed E-state index contributed by atoms with van der Waals surface area (Å²) in [5, 5.41) is 10.1. The molecule has 11 heavy (non-hydrogen) atoms. The Hall–Kier alpha value is -1.39. The molecule has 2 radical (unpaired) electrons. The molecule has 0 aliphatic carbocycles. The van der Waals surface area contributed by atoms with Crippen LogP contribution in [-0.2, 0) is 0 Å². The molecule has 0 heterocycles. The van der Waals surface area contributed by atoms with E-state index in [0.717, 1.165) is 6.07 Å². The highest BCUT2D eigenvalue weighted by Crippen LogP contribution is 2.11. The Bertz CT molecular complexity index is 282. The maximum absolute atomic E-state index is 12.6. The molecule has 0 N–H and O–H groups in total. The van der Waals surface area contributed by atoms with Gasteiger partial charge in [-0.15, -0.1) is 0 Å². The molecule has 0 bridgehead atoms. The van der Waals surface area contributed by atoms with Gasteiger partial charge in [0, 0.05) is 0 Å². The van der Waals surface area contributed by atoms with Crippen LogP contribution in [0.3, 0.4) is 0 Å². The third-order valence-corrected chi connectivity index (χ3v) is 1.20. The third kappa shape index (κ3) is 1.37. The molecular formula is C6H3BFNO2. The fourth-order valence-electron chi connectivity index (χ4n) is 0.725. The van der Waals surface area contributed by atoms with Gasteiger partial charge in [0.15, 0.2) is 5.82 Å². The minimum Gasteiger partial charge on any atom is -0.258 e. The van der Waals surface area contributed by atoms with Crippen molar-refractivity contribution in [2.45, 2.75) is 0 Å². The molecule has 1 aromatic rings. The summed E-state index contributed by atoms with van der Waals surface area (Å²) in [6, 6.07) is 3.59. The van der Waals surface area contributed by atoms with Crippen LogP contribution >= 0.6 is 0 Å². The van der Waals surface area contributed by atoms with Crippen LogP contribution in [0.5, 0.6) is 0 Å². The maximum Gasteiger partial charge on any atom is 0.297 e. The molecule has 0 unspecified atom stereocenters. The Morgan fingerprint density at radius 2 is 2.18 bits per heavy atom. The zero-order valence-electron chi connectivity index (χ0n) is 5.45. The van der Waals surface area contributed by atoms with Gasteiger partial charge in [-0.25, -0.2) is 0 Å². The average Bonchev–Trinajstić information content (AvgIpc) is 1.85. The Balaban J connectivity index is 3.32. The van der Waals surface area contributed by atoms with Gasteiger partial charge in [-0.2, -0.15) is 4.39 Å². The molecule has 0 aliphatic rings. The molecule has 1 rings (SSSR count). The first kappa shape index (κ1) is 7.72. The molecule has 1 aromatic carbocycles. The summed E-state index contributed by atoms with van der Waals surface area (Å²) >= 11 is 0. The van der Waals surface area contributed by atoms with E-state index in [2.05, 4.69) is 0 Å². The number of halogens is 1. The van der Waals surface area contributed by atoms with Gasteiger partial charge >= 0.3 is 0 Å². The quantitative estimate of drug-likeness (QED) is 0.333. The molecule has 0 saturated carbocycles. The van der Waals surface area contributed by atoms with E-state index in [4.69, 9.17) is 7.85 Å². The summed E-state index contributed by atoms with van der Waals surface area (Å²) in [7, 11) is 5.14. The van der Waals surface area contributed by atoms with E-state index in [0.29, 0.717) is 0 Å². The highest BCUT2D eigenvalue weighted by Gasteiger charge is 2.14. The van der Waals surface area contributed by atoms with Gasteiger partial charge in [0.25, 0.3) is 5.69 Å². The van der Waals surface area contributed by atoms with E-state index in [9.17, 15) is 14.5 Å². The summed E-state index contributed by atoms with van der Waals surface area (Å²) in [5.74, 6) is -0.907. The zero-order valence-corrected chi connectivity index (χ0v) is 5.45. The minimum absolute atomic E-state index is 0.157. The number of nitrogens with zero attached hydrogens (tertiary/aromatic N) is 1. The fourth-order valence-corrected chi connectivity index (χ4v) is 0.725. The predicted molar refractivity (Wildman–Crippen MR) is 38.4 cm³/mol. The van der Waals surface area contributed by atoms with Crippen molar-refractivity contribution in [3.63, 3.8) is 0 Å². The minimum atomic E-state index is -0.907. The van der Waals surface area contributed by atoms with Crippen molar-refractivity contribution in [1.29, 1.82) is 0 Å². The average molecular weight is 151 g/mol. The van der Waals surface area contributed by atoms with Crippen LogP contribution in [0.25, 0.3) is 0 Å². The molecule has 5 heteroatoms. The third-order valence-electron chi connectivity index (χ3n) is 1.20. The molecule has 0 amide bonds. The maximum atomic E-state index is 12.6. The van der Waals surface area contributed by atoms with E-state index in [-0.39, 0.29) is 5.46 Å². The van der Waals surface area contributed by atoms with Crippen molar-refractivity contribution >= 4 is 19.0 Å². The van der Waals surface area contributed by atoms with E-state index >= 15 is 0 Å². The molecule has 0 aromatic heterocycles. The van der Waals surface area contributed by atoms with Gasteiger partial charge in [-0.05, 0) is 11.5 Å². The second-order valence-electron chi connectivity index (χ2n) is 1.93. The standard InChI is InChI=1S/C6H3BFNO2/c7-4-2-1-3-5(8)6(4)9(10)11/h1-3H. The van der Waals surface area contributed by atoms with E-state index in [1.807, 2.05) is 0 Å². The van der Waals surface area contributed by atoms with E-state index in [1.165, 1.54) is 12.1 Å². The van der Waals surface area contributed by atoms with Crippen molar-refractivity contribution in [2.75, 3.05) is 0 Å². The second-order valence-corrected chi connectivity index (χ2v) is 1.93. The molecule has 0 atom stereocenters. The Morgan fingerprint density at radius 1 is 1.55 bits per heavy atom. The molecule has 0 spiro atoms. The van der Waals surface area contributed by atoms with Gasteiger partial charge in [0.2, 0.25) is 0 Å². The van der Waals surface area contributed by atoms with Crippen LogP contribution in [0.2, 0.25) is 0 Å². The normalized spacial score (nSPS) is 9.55. The number of hydrogen-bond acceptors (Lipinski definition) is 2. The first-order valence-corrected chi connectivity index (χ1v) is 2.81. The van der Waals surface area contributed by atoms with Gasteiger partial charge in [0.05, 0.1) is 4.92 Å². The smallest absolute Gasteiger partial charge is 0.258 e. The van der Waals surface area contributed by atoms with Crippen LogP contribution < -0.4 is 5.46 Å². The lowest BCUT2D eigenvalue weighted by molar-refractivity contribution is -0.386. The lowest BCUT2D eigenvalue weighted by atomic mass is 9.94.